The minimum Gasteiger partial charge on any atom is -0.493 e. The molecule has 13 heteroatoms. The van der Waals surface area contributed by atoms with Gasteiger partial charge in [0.15, 0.2) is 11.5 Å². The van der Waals surface area contributed by atoms with Crippen molar-refractivity contribution in [2.45, 2.75) is 50.5 Å². The quantitative estimate of drug-likeness (QED) is 0.294. The molecule has 3 atom stereocenters. The summed E-state index contributed by atoms with van der Waals surface area (Å²) in [5.41, 5.74) is -3.21. The highest BCUT2D eigenvalue weighted by atomic mass is 19.4. The van der Waals surface area contributed by atoms with Gasteiger partial charge in [-0.3, -0.25) is 9.69 Å². The number of hydrogen-bond donors (Lipinski definition) is 0. The summed E-state index contributed by atoms with van der Waals surface area (Å²) in [4.78, 5) is 27.3. The van der Waals surface area contributed by atoms with Gasteiger partial charge >= 0.3 is 24.4 Å². The van der Waals surface area contributed by atoms with E-state index in [1.807, 2.05) is 0 Å². The molecular weight excluding hydrogens is 536 g/mol. The second-order valence-electron chi connectivity index (χ2n) is 8.87. The van der Waals surface area contributed by atoms with Gasteiger partial charge in [-0.25, -0.2) is 4.79 Å². The number of rotatable bonds is 6. The normalized spacial score (nSPS) is 18.2. The summed E-state index contributed by atoms with van der Waals surface area (Å²) in [6.45, 7) is 3.26. The Morgan fingerprint density at radius 3 is 1.92 bits per heavy atom. The lowest BCUT2D eigenvalue weighted by Gasteiger charge is -2.41. The maximum atomic E-state index is 13.6. The lowest BCUT2D eigenvalue weighted by Crippen LogP contribution is -2.45. The van der Waals surface area contributed by atoms with Gasteiger partial charge in [0.05, 0.1) is 50.7 Å². The first-order valence-corrected chi connectivity index (χ1v) is 11.8. The molecule has 0 spiro atoms. The van der Waals surface area contributed by atoms with Crippen LogP contribution in [0.2, 0.25) is 0 Å². The second-order valence-corrected chi connectivity index (χ2v) is 8.87. The van der Waals surface area contributed by atoms with Crippen LogP contribution < -0.4 is 14.4 Å². The lowest BCUT2D eigenvalue weighted by molar-refractivity contribution is -0.145. The van der Waals surface area contributed by atoms with E-state index >= 15 is 0 Å². The minimum absolute atomic E-state index is 0.00827. The first-order chi connectivity index (χ1) is 18.2. The van der Waals surface area contributed by atoms with Crippen molar-refractivity contribution in [1.29, 1.82) is 0 Å². The summed E-state index contributed by atoms with van der Waals surface area (Å²) in [7, 11) is 3.66. The third-order valence-corrected chi connectivity index (χ3v) is 6.52. The number of fused-ring (bicyclic) bond motifs is 1. The number of esters is 1. The molecule has 0 radical (unpaired) electrons. The zero-order valence-electron chi connectivity index (χ0n) is 21.7. The summed E-state index contributed by atoms with van der Waals surface area (Å²) in [5, 5.41) is 0. The van der Waals surface area contributed by atoms with Crippen LogP contribution in [0.25, 0.3) is 0 Å². The number of anilines is 1. The first-order valence-electron chi connectivity index (χ1n) is 11.8. The van der Waals surface area contributed by atoms with Crippen molar-refractivity contribution >= 4 is 17.7 Å². The number of benzene rings is 2. The zero-order chi connectivity index (χ0) is 29.3. The molecule has 0 saturated carbocycles. The van der Waals surface area contributed by atoms with Crippen molar-refractivity contribution in [3.05, 3.63) is 52.6 Å². The zero-order valence-corrected chi connectivity index (χ0v) is 21.7. The van der Waals surface area contributed by atoms with Gasteiger partial charge < -0.3 is 18.9 Å². The molecule has 0 N–H and O–H groups in total. The fraction of sp³-hybridized carbons (Fsp3) is 0.462. The van der Waals surface area contributed by atoms with Crippen LogP contribution in [0.3, 0.4) is 0 Å². The van der Waals surface area contributed by atoms with E-state index in [0.717, 1.165) is 7.11 Å². The number of halogens is 6. The van der Waals surface area contributed by atoms with E-state index in [4.69, 9.17) is 18.9 Å². The van der Waals surface area contributed by atoms with Gasteiger partial charge in [0.1, 0.15) is 0 Å². The Hall–Kier alpha value is -3.64. The van der Waals surface area contributed by atoms with Crippen molar-refractivity contribution in [2.24, 2.45) is 0 Å². The fourth-order valence-corrected chi connectivity index (χ4v) is 4.83. The van der Waals surface area contributed by atoms with Crippen LogP contribution in [0.1, 0.15) is 54.4 Å². The Kier molecular flexibility index (Phi) is 8.61. The van der Waals surface area contributed by atoms with E-state index in [1.54, 1.807) is 13.8 Å². The second kappa shape index (κ2) is 11.2. The van der Waals surface area contributed by atoms with Gasteiger partial charge in [0.25, 0.3) is 0 Å². The van der Waals surface area contributed by atoms with Gasteiger partial charge in [0, 0.05) is 18.0 Å². The Morgan fingerprint density at radius 1 is 0.923 bits per heavy atom. The van der Waals surface area contributed by atoms with Crippen molar-refractivity contribution < 1.29 is 54.9 Å². The van der Waals surface area contributed by atoms with Crippen molar-refractivity contribution in [1.82, 2.24) is 0 Å². The topological polar surface area (TPSA) is 74.3 Å². The van der Waals surface area contributed by atoms with Gasteiger partial charge in [-0.15, -0.1) is 0 Å². The monoisotopic (exact) mass is 563 g/mol. The highest BCUT2D eigenvalue weighted by Crippen LogP contribution is 2.51. The number of ether oxygens (including phenoxy) is 4. The highest BCUT2D eigenvalue weighted by molar-refractivity contribution is 5.92. The summed E-state index contributed by atoms with van der Waals surface area (Å²) in [6.07, 6.45) is -11.0. The number of carbonyl (C=O) groups excluding carboxylic acids is 2. The Balaban J connectivity index is 2.34. The average Bonchev–Trinajstić information content (AvgIpc) is 2.86. The molecule has 39 heavy (non-hydrogen) atoms. The van der Waals surface area contributed by atoms with E-state index in [2.05, 4.69) is 0 Å². The molecule has 0 aliphatic carbocycles. The number of methoxy groups -OCH3 is 3. The predicted molar refractivity (Wildman–Crippen MR) is 127 cm³/mol. The molecular formula is C26H27F6NO6. The molecule has 2 aromatic carbocycles. The smallest absolute Gasteiger partial charge is 0.416 e. The van der Waals surface area contributed by atoms with Crippen LogP contribution in [0.5, 0.6) is 11.5 Å². The van der Waals surface area contributed by atoms with E-state index in [-0.39, 0.29) is 41.8 Å². The standard InChI is InChI=1S/C26H27F6NO6/c1-6-39-24(35)33-13(2)7-18(17-11-20(36-3)21(37-4)12-19(17)33)22(23(34)38-5)14-8-15(25(27,28)29)10-16(9-14)26(30,31)32/h8-13,18,22H,6-7H2,1-5H3/t13-,18-,22+/m1/s1. The number of nitrogens with zero attached hydrogens (tertiary/aromatic N) is 1. The molecule has 0 unspecified atom stereocenters. The summed E-state index contributed by atoms with van der Waals surface area (Å²) in [5.74, 6) is -3.29. The third-order valence-electron chi connectivity index (χ3n) is 6.52. The van der Waals surface area contributed by atoms with Gasteiger partial charge in [-0.1, -0.05) is 0 Å². The summed E-state index contributed by atoms with van der Waals surface area (Å²) in [6, 6.07) is 3.21. The van der Waals surface area contributed by atoms with Gasteiger partial charge in [-0.05, 0) is 55.7 Å². The maximum Gasteiger partial charge on any atom is 0.416 e. The molecule has 1 aliphatic heterocycles. The Labute approximate surface area is 220 Å². The third kappa shape index (κ3) is 6.01. The highest BCUT2D eigenvalue weighted by Gasteiger charge is 2.44. The van der Waals surface area contributed by atoms with Crippen molar-refractivity contribution in [3.8, 4) is 11.5 Å². The molecule has 1 amide bonds. The maximum absolute atomic E-state index is 13.6. The van der Waals surface area contributed by atoms with E-state index in [1.165, 1.54) is 31.3 Å². The number of carbonyl (C=O) groups is 2. The number of hydrogen-bond acceptors (Lipinski definition) is 6. The molecule has 0 fully saturated rings. The van der Waals surface area contributed by atoms with Gasteiger partial charge in [0.2, 0.25) is 0 Å². The number of amides is 1. The van der Waals surface area contributed by atoms with Crippen molar-refractivity contribution in [3.63, 3.8) is 0 Å². The van der Waals surface area contributed by atoms with E-state index < -0.39 is 59.0 Å². The Bertz CT molecular complexity index is 1200. The molecule has 0 saturated heterocycles. The molecule has 7 nitrogen and oxygen atoms in total. The van der Waals surface area contributed by atoms with Crippen LogP contribution in [-0.4, -0.2) is 46.0 Å². The van der Waals surface area contributed by atoms with Crippen LogP contribution >= 0.6 is 0 Å². The SMILES string of the molecule is CCOC(=O)N1c2cc(OC)c(OC)cc2[C@H]([C@@H](C(=O)OC)c2cc(C(F)(F)F)cc(C(F)(F)F)c2)C[C@H]1C. The van der Waals surface area contributed by atoms with E-state index in [0.29, 0.717) is 12.1 Å². The molecule has 2 aromatic rings. The van der Waals surface area contributed by atoms with Crippen LogP contribution in [0, 0.1) is 0 Å². The molecule has 0 bridgehead atoms. The molecule has 1 heterocycles. The lowest BCUT2D eigenvalue weighted by atomic mass is 9.74. The molecule has 214 valence electrons. The average molecular weight is 563 g/mol. The largest absolute Gasteiger partial charge is 0.493 e. The fourth-order valence-electron chi connectivity index (χ4n) is 4.83. The predicted octanol–water partition coefficient (Wildman–Crippen LogP) is 6.54. The summed E-state index contributed by atoms with van der Waals surface area (Å²) < 4.78 is 103. The van der Waals surface area contributed by atoms with Crippen LogP contribution in [0.4, 0.5) is 36.8 Å². The molecule has 0 aromatic heterocycles. The first kappa shape index (κ1) is 29.9. The van der Waals surface area contributed by atoms with E-state index in [9.17, 15) is 35.9 Å². The Morgan fingerprint density at radius 2 is 1.46 bits per heavy atom. The number of alkyl halides is 6. The van der Waals surface area contributed by atoms with Crippen molar-refractivity contribution in [2.75, 3.05) is 32.8 Å². The minimum atomic E-state index is -5.12. The molecule has 1 aliphatic rings. The van der Waals surface area contributed by atoms with Gasteiger partial charge in [-0.2, -0.15) is 26.3 Å². The van der Waals surface area contributed by atoms with Crippen LogP contribution in [0.15, 0.2) is 30.3 Å². The summed E-state index contributed by atoms with van der Waals surface area (Å²) >= 11 is 0. The van der Waals surface area contributed by atoms with Crippen LogP contribution in [-0.2, 0) is 26.6 Å². The molecule has 3 rings (SSSR count).